The zero-order valence-corrected chi connectivity index (χ0v) is 11.9. The number of hydrogen-bond acceptors (Lipinski definition) is 5. The number of benzene rings is 1. The highest BCUT2D eigenvalue weighted by Gasteiger charge is 2.27. The van der Waals surface area contributed by atoms with Gasteiger partial charge in [0.25, 0.3) is 0 Å². The monoisotopic (exact) mass is 278 g/mol. The zero-order chi connectivity index (χ0) is 14.7. The lowest BCUT2D eigenvalue weighted by atomic mass is 9.94. The van der Waals surface area contributed by atoms with E-state index in [4.69, 9.17) is 19.9 Å². The molecule has 1 aromatic carbocycles. The minimum atomic E-state index is -1.11. The van der Waals surface area contributed by atoms with Crippen molar-refractivity contribution in [3.63, 3.8) is 0 Å². The van der Waals surface area contributed by atoms with Gasteiger partial charge in [-0.15, -0.1) is 0 Å². The van der Waals surface area contributed by atoms with E-state index in [1.165, 1.54) is 0 Å². The molecule has 1 atom stereocenters. The average Bonchev–Trinajstić information content (AvgIpc) is 2.50. The van der Waals surface area contributed by atoms with Crippen molar-refractivity contribution in [3.8, 4) is 6.07 Å². The Bertz CT molecular complexity index is 405. The Hall–Kier alpha value is -1.45. The van der Waals surface area contributed by atoms with Crippen LogP contribution in [0.4, 0.5) is 0 Å². The topological polar surface area (TPSA) is 77.5 Å². The number of methoxy groups -OCH3 is 1. The molecule has 1 rings (SSSR count). The van der Waals surface area contributed by atoms with Crippen LogP contribution in [-0.2, 0) is 19.7 Å². The molecule has 0 spiro atoms. The van der Waals surface area contributed by atoms with Gasteiger partial charge in [-0.05, 0) is 12.0 Å². The van der Waals surface area contributed by atoms with Crippen LogP contribution in [0.1, 0.15) is 12.0 Å². The first-order valence-corrected chi connectivity index (χ1v) is 6.63. The zero-order valence-electron chi connectivity index (χ0n) is 11.9. The molecule has 0 saturated heterocycles. The summed E-state index contributed by atoms with van der Waals surface area (Å²) in [5.74, 6) is 0. The summed E-state index contributed by atoms with van der Waals surface area (Å²) in [6.45, 7) is 2.38. The van der Waals surface area contributed by atoms with E-state index in [1.807, 2.05) is 30.3 Å². The van der Waals surface area contributed by atoms with E-state index in [9.17, 15) is 5.26 Å². The van der Waals surface area contributed by atoms with Crippen LogP contribution in [0.25, 0.3) is 0 Å². The van der Waals surface area contributed by atoms with E-state index in [0.717, 1.165) is 12.0 Å². The number of rotatable bonds is 10. The predicted molar refractivity (Wildman–Crippen MR) is 76.1 cm³/mol. The highest BCUT2D eigenvalue weighted by atomic mass is 16.5. The highest BCUT2D eigenvalue weighted by molar-refractivity contribution is 5.30. The van der Waals surface area contributed by atoms with Gasteiger partial charge >= 0.3 is 0 Å². The van der Waals surface area contributed by atoms with Gasteiger partial charge in [-0.25, -0.2) is 0 Å². The van der Waals surface area contributed by atoms with Crippen LogP contribution in [0.15, 0.2) is 30.3 Å². The number of ether oxygens (including phenoxy) is 3. The van der Waals surface area contributed by atoms with Gasteiger partial charge in [0.1, 0.15) is 0 Å². The molecule has 110 valence electrons. The Morgan fingerprint density at radius 1 is 1.10 bits per heavy atom. The molecule has 1 unspecified atom stereocenters. The van der Waals surface area contributed by atoms with Gasteiger partial charge in [0.05, 0.1) is 25.9 Å². The first-order valence-electron chi connectivity index (χ1n) is 6.63. The van der Waals surface area contributed by atoms with E-state index < -0.39 is 5.54 Å². The smallest absolute Gasteiger partial charge is 0.153 e. The molecular formula is C15H22N2O3. The van der Waals surface area contributed by atoms with Gasteiger partial charge in [0.15, 0.2) is 5.54 Å². The van der Waals surface area contributed by atoms with Gasteiger partial charge in [-0.3, -0.25) is 0 Å². The second-order valence-corrected chi connectivity index (χ2v) is 4.46. The number of nitrogens with zero attached hydrogens (tertiary/aromatic N) is 1. The lowest BCUT2D eigenvalue weighted by Gasteiger charge is -2.21. The lowest BCUT2D eigenvalue weighted by molar-refractivity contribution is 0.0286. The van der Waals surface area contributed by atoms with Gasteiger partial charge in [0.2, 0.25) is 0 Å². The van der Waals surface area contributed by atoms with Crippen molar-refractivity contribution in [1.82, 2.24) is 0 Å². The molecule has 0 aliphatic heterocycles. The van der Waals surface area contributed by atoms with E-state index in [1.54, 1.807) is 7.11 Å². The maximum Gasteiger partial charge on any atom is 0.153 e. The number of nitrogens with two attached hydrogens (primary N) is 1. The van der Waals surface area contributed by atoms with Gasteiger partial charge in [0, 0.05) is 20.3 Å². The molecule has 0 aliphatic rings. The fourth-order valence-corrected chi connectivity index (χ4v) is 1.67. The molecule has 0 amide bonds. The summed E-state index contributed by atoms with van der Waals surface area (Å²) in [5, 5.41) is 9.24. The van der Waals surface area contributed by atoms with E-state index >= 15 is 0 Å². The van der Waals surface area contributed by atoms with Crippen molar-refractivity contribution < 1.29 is 14.2 Å². The quantitative estimate of drug-likeness (QED) is 0.655. The summed E-state index contributed by atoms with van der Waals surface area (Å²) in [5.41, 5.74) is 5.70. The normalized spacial score (nSPS) is 13.7. The van der Waals surface area contributed by atoms with Crippen molar-refractivity contribution in [2.24, 2.45) is 5.73 Å². The van der Waals surface area contributed by atoms with Crippen LogP contribution >= 0.6 is 0 Å². The predicted octanol–water partition coefficient (Wildman–Crippen LogP) is 1.43. The van der Waals surface area contributed by atoms with Crippen LogP contribution in [0, 0.1) is 11.3 Å². The van der Waals surface area contributed by atoms with Crippen molar-refractivity contribution in [2.45, 2.75) is 12.0 Å². The molecule has 0 heterocycles. The summed E-state index contributed by atoms with van der Waals surface area (Å²) in [6, 6.07) is 11.4. The fourth-order valence-electron chi connectivity index (χ4n) is 1.67. The Kier molecular flexibility index (Phi) is 7.85. The molecule has 5 nitrogen and oxygen atoms in total. The first kappa shape index (κ1) is 16.6. The maximum absolute atomic E-state index is 9.24. The Labute approximate surface area is 120 Å². The summed E-state index contributed by atoms with van der Waals surface area (Å²) in [7, 11) is 1.66. The van der Waals surface area contributed by atoms with Gasteiger partial charge in [-0.1, -0.05) is 30.3 Å². The third kappa shape index (κ3) is 5.68. The number of nitriles is 1. The van der Waals surface area contributed by atoms with Crippen LogP contribution in [0.2, 0.25) is 0 Å². The minimum absolute atomic E-state index is 0.148. The Morgan fingerprint density at radius 2 is 1.80 bits per heavy atom. The Balaban J connectivity index is 2.24. The number of hydrogen-bond donors (Lipinski definition) is 1. The summed E-state index contributed by atoms with van der Waals surface area (Å²) in [4.78, 5) is 0. The SMILES string of the molecule is COCCCOCCOCC(N)(C#N)c1ccccc1. The second-order valence-electron chi connectivity index (χ2n) is 4.46. The van der Waals surface area contributed by atoms with E-state index in [2.05, 4.69) is 6.07 Å². The Morgan fingerprint density at radius 3 is 2.45 bits per heavy atom. The molecule has 2 N–H and O–H groups in total. The standard InChI is InChI=1S/C15H22N2O3/c1-18-8-5-9-19-10-11-20-13-15(17,12-16)14-6-3-2-4-7-14/h2-4,6-7H,5,8-11,13,17H2,1H3. The molecule has 0 aliphatic carbocycles. The minimum Gasteiger partial charge on any atom is -0.385 e. The van der Waals surface area contributed by atoms with Crippen LogP contribution in [-0.4, -0.2) is 40.1 Å². The molecule has 0 saturated carbocycles. The molecule has 0 radical (unpaired) electrons. The molecule has 20 heavy (non-hydrogen) atoms. The van der Waals surface area contributed by atoms with Crippen LogP contribution in [0.3, 0.4) is 0 Å². The summed E-state index contributed by atoms with van der Waals surface area (Å²) >= 11 is 0. The first-order chi connectivity index (χ1) is 9.73. The third-order valence-electron chi connectivity index (χ3n) is 2.83. The van der Waals surface area contributed by atoms with Crippen molar-refractivity contribution in [2.75, 3.05) is 40.1 Å². The van der Waals surface area contributed by atoms with E-state index in [0.29, 0.717) is 26.4 Å². The van der Waals surface area contributed by atoms with Gasteiger partial charge in [-0.2, -0.15) is 5.26 Å². The van der Waals surface area contributed by atoms with Crippen molar-refractivity contribution in [3.05, 3.63) is 35.9 Å². The molecular weight excluding hydrogens is 256 g/mol. The van der Waals surface area contributed by atoms with Crippen molar-refractivity contribution in [1.29, 1.82) is 5.26 Å². The third-order valence-corrected chi connectivity index (χ3v) is 2.83. The highest BCUT2D eigenvalue weighted by Crippen LogP contribution is 2.17. The average molecular weight is 278 g/mol. The molecule has 5 heteroatoms. The summed E-state index contributed by atoms with van der Waals surface area (Å²) in [6.07, 6.45) is 0.861. The largest absolute Gasteiger partial charge is 0.385 e. The molecule has 0 aromatic heterocycles. The fraction of sp³-hybridized carbons (Fsp3) is 0.533. The van der Waals surface area contributed by atoms with Crippen molar-refractivity contribution >= 4 is 0 Å². The van der Waals surface area contributed by atoms with Gasteiger partial charge < -0.3 is 19.9 Å². The maximum atomic E-state index is 9.24. The molecule has 1 aromatic rings. The summed E-state index contributed by atoms with van der Waals surface area (Å²) < 4.78 is 15.7. The lowest BCUT2D eigenvalue weighted by Crippen LogP contribution is -2.40. The van der Waals surface area contributed by atoms with Crippen LogP contribution < -0.4 is 5.73 Å². The van der Waals surface area contributed by atoms with Crippen LogP contribution in [0.5, 0.6) is 0 Å². The van der Waals surface area contributed by atoms with E-state index in [-0.39, 0.29) is 6.61 Å². The molecule has 0 bridgehead atoms. The molecule has 0 fully saturated rings. The second kappa shape index (κ2) is 9.45.